The van der Waals surface area contributed by atoms with E-state index in [0.29, 0.717) is 23.3 Å². The summed E-state index contributed by atoms with van der Waals surface area (Å²) in [5, 5.41) is 20.5. The van der Waals surface area contributed by atoms with E-state index in [1.165, 1.54) is 11.1 Å². The largest absolute Gasteiger partial charge is 0.508 e. The monoisotopic (exact) mass is 384 g/mol. The van der Waals surface area contributed by atoms with Crippen LogP contribution in [0.4, 0.5) is 0 Å². The Labute approximate surface area is 170 Å². The molecular formula is C24H36N2O2. The minimum atomic E-state index is 0.359. The topological polar surface area (TPSA) is 46.9 Å². The quantitative estimate of drug-likeness (QED) is 0.645. The molecule has 4 nitrogen and oxygen atoms in total. The molecule has 28 heavy (non-hydrogen) atoms. The van der Waals surface area contributed by atoms with Crippen LogP contribution in [0.15, 0.2) is 36.4 Å². The van der Waals surface area contributed by atoms with Crippen molar-refractivity contribution in [2.24, 2.45) is 0 Å². The van der Waals surface area contributed by atoms with Crippen LogP contribution in [0.5, 0.6) is 11.5 Å². The van der Waals surface area contributed by atoms with E-state index in [9.17, 15) is 10.2 Å². The Hall–Kier alpha value is -2.04. The molecule has 2 aromatic carbocycles. The van der Waals surface area contributed by atoms with Crippen molar-refractivity contribution in [2.45, 2.75) is 51.6 Å². The number of aromatic hydroxyl groups is 2. The molecule has 4 heteroatoms. The second kappa shape index (κ2) is 9.94. The average Bonchev–Trinajstić information content (AvgIpc) is 2.63. The standard InChI is InChI=1S/C24H36N2O2/c1-7-21(17-9-11-23(27)19(13-17)15-25(3)4)22(8-2)18-10-12-24(28)20(14-18)16-26(5)6/h9-14,21-22,27-28H,7-8,15-16H2,1-6H3. The van der Waals surface area contributed by atoms with Gasteiger partial charge in [-0.05, 0) is 76.1 Å². The highest BCUT2D eigenvalue weighted by atomic mass is 16.3. The first-order valence-electron chi connectivity index (χ1n) is 10.2. The van der Waals surface area contributed by atoms with E-state index in [1.54, 1.807) is 0 Å². The lowest BCUT2D eigenvalue weighted by Crippen LogP contribution is -2.14. The van der Waals surface area contributed by atoms with Gasteiger partial charge in [-0.3, -0.25) is 0 Å². The molecule has 0 saturated heterocycles. The van der Waals surface area contributed by atoms with Crippen LogP contribution in [0.3, 0.4) is 0 Å². The first-order chi connectivity index (χ1) is 13.3. The molecule has 154 valence electrons. The molecule has 0 radical (unpaired) electrons. The molecule has 2 rings (SSSR count). The van der Waals surface area contributed by atoms with Gasteiger partial charge in [-0.25, -0.2) is 0 Å². The first kappa shape index (κ1) is 22.3. The molecule has 0 saturated carbocycles. The molecule has 0 fully saturated rings. The van der Waals surface area contributed by atoms with E-state index in [1.807, 2.05) is 40.3 Å². The molecule has 0 aliphatic rings. The van der Waals surface area contributed by atoms with Gasteiger partial charge in [-0.1, -0.05) is 38.1 Å². The maximum absolute atomic E-state index is 10.2. The van der Waals surface area contributed by atoms with Crippen LogP contribution >= 0.6 is 0 Å². The number of phenols is 2. The van der Waals surface area contributed by atoms with Crippen molar-refractivity contribution in [2.75, 3.05) is 28.2 Å². The van der Waals surface area contributed by atoms with Crippen LogP contribution in [0, 0.1) is 0 Å². The zero-order valence-corrected chi connectivity index (χ0v) is 18.2. The molecule has 0 amide bonds. The zero-order valence-electron chi connectivity index (χ0n) is 18.2. The summed E-state index contributed by atoms with van der Waals surface area (Å²) < 4.78 is 0. The molecule has 0 heterocycles. The average molecular weight is 385 g/mol. The number of rotatable bonds is 9. The normalized spacial score (nSPS) is 13.9. The van der Waals surface area contributed by atoms with E-state index in [2.05, 4.69) is 47.9 Å². The summed E-state index contributed by atoms with van der Waals surface area (Å²) in [6.45, 7) is 5.90. The van der Waals surface area contributed by atoms with Gasteiger partial charge in [-0.2, -0.15) is 0 Å². The second-order valence-electron chi connectivity index (χ2n) is 8.28. The van der Waals surface area contributed by atoms with Gasteiger partial charge in [0.15, 0.2) is 0 Å². The molecule has 0 aromatic heterocycles. The highest BCUT2D eigenvalue weighted by molar-refractivity contribution is 5.42. The Morgan fingerprint density at radius 3 is 1.32 bits per heavy atom. The van der Waals surface area contributed by atoms with Gasteiger partial charge in [0, 0.05) is 24.2 Å². The first-order valence-corrected chi connectivity index (χ1v) is 10.2. The van der Waals surface area contributed by atoms with Crippen molar-refractivity contribution < 1.29 is 10.2 Å². The fourth-order valence-corrected chi connectivity index (χ4v) is 4.11. The summed E-state index contributed by atoms with van der Waals surface area (Å²) in [5.74, 6) is 1.45. The third-order valence-electron chi connectivity index (χ3n) is 5.40. The maximum Gasteiger partial charge on any atom is 0.120 e. The van der Waals surface area contributed by atoms with E-state index in [4.69, 9.17) is 0 Å². The molecule has 2 unspecified atom stereocenters. The predicted octanol–water partition coefficient (Wildman–Crippen LogP) is 4.91. The van der Waals surface area contributed by atoms with Crippen molar-refractivity contribution >= 4 is 0 Å². The van der Waals surface area contributed by atoms with E-state index >= 15 is 0 Å². The summed E-state index contributed by atoms with van der Waals surface area (Å²) in [5.41, 5.74) is 4.47. The fourth-order valence-electron chi connectivity index (χ4n) is 4.11. The molecule has 2 N–H and O–H groups in total. The van der Waals surface area contributed by atoms with Gasteiger partial charge in [0.05, 0.1) is 0 Å². The number of phenolic OH excluding ortho intramolecular Hbond substituents is 2. The smallest absolute Gasteiger partial charge is 0.120 e. The Morgan fingerprint density at radius 1 is 0.679 bits per heavy atom. The minimum Gasteiger partial charge on any atom is -0.508 e. The highest BCUT2D eigenvalue weighted by Gasteiger charge is 2.24. The highest BCUT2D eigenvalue weighted by Crippen LogP contribution is 2.40. The Morgan fingerprint density at radius 2 is 1.04 bits per heavy atom. The van der Waals surface area contributed by atoms with Gasteiger partial charge in [-0.15, -0.1) is 0 Å². The molecule has 2 aromatic rings. The summed E-state index contributed by atoms with van der Waals surface area (Å²) >= 11 is 0. The van der Waals surface area contributed by atoms with Gasteiger partial charge < -0.3 is 20.0 Å². The van der Waals surface area contributed by atoms with Crippen molar-refractivity contribution in [3.05, 3.63) is 58.7 Å². The summed E-state index contributed by atoms with van der Waals surface area (Å²) in [4.78, 5) is 4.15. The van der Waals surface area contributed by atoms with Crippen molar-refractivity contribution in [3.8, 4) is 11.5 Å². The molecule has 2 atom stereocenters. The molecule has 0 aliphatic carbocycles. The van der Waals surface area contributed by atoms with Crippen LogP contribution in [0.1, 0.15) is 60.8 Å². The Bertz CT molecular complexity index is 706. The zero-order chi connectivity index (χ0) is 20.8. The van der Waals surface area contributed by atoms with E-state index in [-0.39, 0.29) is 0 Å². The van der Waals surface area contributed by atoms with Crippen molar-refractivity contribution in [1.82, 2.24) is 9.80 Å². The van der Waals surface area contributed by atoms with Crippen LogP contribution in [-0.4, -0.2) is 48.2 Å². The van der Waals surface area contributed by atoms with E-state index in [0.717, 1.165) is 37.1 Å². The number of nitrogens with zero attached hydrogens (tertiary/aromatic N) is 2. The SMILES string of the molecule is CCC(c1ccc(O)c(CN(C)C)c1)C(CC)c1ccc(O)c(CN(C)C)c1. The number of hydrogen-bond acceptors (Lipinski definition) is 4. The maximum atomic E-state index is 10.2. The Balaban J connectivity index is 2.41. The molecule has 0 bridgehead atoms. The predicted molar refractivity (Wildman–Crippen MR) is 117 cm³/mol. The van der Waals surface area contributed by atoms with Gasteiger partial charge in [0.2, 0.25) is 0 Å². The summed E-state index contributed by atoms with van der Waals surface area (Å²) in [6.07, 6.45) is 2.04. The van der Waals surface area contributed by atoms with Crippen LogP contribution in [0.25, 0.3) is 0 Å². The van der Waals surface area contributed by atoms with Crippen LogP contribution in [0.2, 0.25) is 0 Å². The van der Waals surface area contributed by atoms with Crippen molar-refractivity contribution in [3.63, 3.8) is 0 Å². The second-order valence-corrected chi connectivity index (χ2v) is 8.28. The van der Waals surface area contributed by atoms with Crippen LogP contribution in [-0.2, 0) is 13.1 Å². The third kappa shape index (κ3) is 5.49. The molecule has 0 aliphatic heterocycles. The minimum absolute atomic E-state index is 0.359. The van der Waals surface area contributed by atoms with E-state index < -0.39 is 0 Å². The lowest BCUT2D eigenvalue weighted by Gasteiger charge is -2.28. The lowest BCUT2D eigenvalue weighted by molar-refractivity contribution is 0.384. The summed E-state index contributed by atoms with van der Waals surface area (Å²) in [6, 6.07) is 12.1. The summed E-state index contributed by atoms with van der Waals surface area (Å²) in [7, 11) is 8.06. The number of benzene rings is 2. The van der Waals surface area contributed by atoms with Gasteiger partial charge >= 0.3 is 0 Å². The van der Waals surface area contributed by atoms with Crippen LogP contribution < -0.4 is 0 Å². The lowest BCUT2D eigenvalue weighted by atomic mass is 9.77. The Kier molecular flexibility index (Phi) is 7.90. The molecule has 0 spiro atoms. The van der Waals surface area contributed by atoms with Crippen molar-refractivity contribution in [1.29, 1.82) is 0 Å². The third-order valence-corrected chi connectivity index (χ3v) is 5.40. The van der Waals surface area contributed by atoms with Gasteiger partial charge in [0.25, 0.3) is 0 Å². The van der Waals surface area contributed by atoms with Gasteiger partial charge in [0.1, 0.15) is 11.5 Å². The fraction of sp³-hybridized carbons (Fsp3) is 0.500. The number of hydrogen-bond donors (Lipinski definition) is 2. The molecular weight excluding hydrogens is 348 g/mol.